The molecule has 1 saturated heterocycles. The number of aromatic nitrogens is 1. The largest absolute Gasteiger partial charge is 0.489 e. The number of sulfonamides is 1. The number of hydrogen-bond acceptors (Lipinski definition) is 5. The second-order valence-electron chi connectivity index (χ2n) is 7.33. The first-order chi connectivity index (χ1) is 14.2. The molecule has 0 bridgehead atoms. The van der Waals surface area contributed by atoms with E-state index in [1.165, 1.54) is 28.7 Å². The predicted molar refractivity (Wildman–Crippen MR) is 113 cm³/mol. The number of carbonyl (C=O) groups is 1. The summed E-state index contributed by atoms with van der Waals surface area (Å²) in [5.41, 5.74) is 0.713. The van der Waals surface area contributed by atoms with Gasteiger partial charge in [-0.3, -0.25) is 4.98 Å². The van der Waals surface area contributed by atoms with Crippen LogP contribution in [-0.4, -0.2) is 48.2 Å². The van der Waals surface area contributed by atoms with Crippen molar-refractivity contribution in [2.24, 2.45) is 0 Å². The number of anilines is 2. The van der Waals surface area contributed by atoms with Crippen LogP contribution < -0.4 is 15.4 Å². The summed E-state index contributed by atoms with van der Waals surface area (Å²) >= 11 is 0. The molecule has 30 heavy (non-hydrogen) atoms. The number of benzene rings is 1. The summed E-state index contributed by atoms with van der Waals surface area (Å²) in [5.74, 6) is -0.355. The van der Waals surface area contributed by atoms with Gasteiger partial charge in [-0.05, 0) is 44.9 Å². The number of urea groups is 1. The van der Waals surface area contributed by atoms with Crippen molar-refractivity contribution in [3.8, 4) is 5.75 Å². The number of pyridine rings is 1. The average Bonchev–Trinajstić information content (AvgIpc) is 2.68. The third-order valence-electron chi connectivity index (χ3n) is 4.65. The fraction of sp³-hybridized carbons (Fsp3) is 0.400. The molecule has 1 aromatic carbocycles. The molecule has 2 N–H and O–H groups in total. The Bertz CT molecular complexity index is 986. The van der Waals surface area contributed by atoms with Crippen molar-refractivity contribution < 1.29 is 22.3 Å². The van der Waals surface area contributed by atoms with E-state index in [4.69, 9.17) is 4.74 Å². The Balaban J connectivity index is 1.65. The Morgan fingerprint density at radius 1 is 1.27 bits per heavy atom. The first-order valence-corrected chi connectivity index (χ1v) is 11.2. The van der Waals surface area contributed by atoms with E-state index < -0.39 is 33.2 Å². The molecule has 1 aromatic heterocycles. The van der Waals surface area contributed by atoms with E-state index in [2.05, 4.69) is 15.6 Å². The van der Waals surface area contributed by atoms with Gasteiger partial charge in [0.15, 0.2) is 0 Å². The molecule has 0 saturated carbocycles. The number of piperidine rings is 1. The lowest BCUT2D eigenvalue weighted by Gasteiger charge is -2.33. The molecule has 10 heteroatoms. The fourth-order valence-electron chi connectivity index (χ4n) is 3.16. The maximum Gasteiger partial charge on any atom is 0.323 e. The molecule has 1 aliphatic rings. The van der Waals surface area contributed by atoms with Gasteiger partial charge in [0.25, 0.3) is 0 Å². The molecule has 8 nitrogen and oxygen atoms in total. The van der Waals surface area contributed by atoms with E-state index in [-0.39, 0.29) is 18.0 Å². The van der Waals surface area contributed by atoms with Gasteiger partial charge in [-0.15, -0.1) is 0 Å². The van der Waals surface area contributed by atoms with Crippen LogP contribution in [-0.2, 0) is 10.0 Å². The number of rotatable bonds is 6. The summed E-state index contributed by atoms with van der Waals surface area (Å²) in [6.07, 6.45) is 3.99. The molecule has 2 amide bonds. The van der Waals surface area contributed by atoms with Crippen molar-refractivity contribution in [2.75, 3.05) is 23.7 Å². The van der Waals surface area contributed by atoms with Crippen LogP contribution in [0.25, 0.3) is 0 Å². The number of amides is 2. The maximum absolute atomic E-state index is 14.1. The summed E-state index contributed by atoms with van der Waals surface area (Å²) in [6.45, 7) is 3.94. The molecule has 162 valence electrons. The molecule has 2 aromatic rings. The van der Waals surface area contributed by atoms with Crippen LogP contribution in [0.3, 0.4) is 0 Å². The highest BCUT2D eigenvalue weighted by molar-refractivity contribution is 7.89. The van der Waals surface area contributed by atoms with Crippen molar-refractivity contribution in [1.82, 2.24) is 9.29 Å². The minimum Gasteiger partial charge on any atom is -0.489 e. The monoisotopic (exact) mass is 436 g/mol. The summed E-state index contributed by atoms with van der Waals surface area (Å²) in [5, 5.41) is 4.63. The van der Waals surface area contributed by atoms with E-state index in [0.29, 0.717) is 25.1 Å². The predicted octanol–water partition coefficient (Wildman–Crippen LogP) is 3.45. The van der Waals surface area contributed by atoms with E-state index in [0.717, 1.165) is 0 Å². The highest BCUT2D eigenvalue weighted by Gasteiger charge is 2.32. The maximum atomic E-state index is 14.1. The van der Waals surface area contributed by atoms with E-state index in [1.807, 2.05) is 0 Å². The topological polar surface area (TPSA) is 101 Å². The molecule has 0 spiro atoms. The molecule has 3 rings (SSSR count). The molecule has 0 radical (unpaired) electrons. The Morgan fingerprint density at radius 2 is 2.03 bits per heavy atom. The van der Waals surface area contributed by atoms with Gasteiger partial charge in [0.05, 0.1) is 23.7 Å². The van der Waals surface area contributed by atoms with Crippen molar-refractivity contribution >= 4 is 27.4 Å². The minimum absolute atomic E-state index is 0.210. The van der Waals surface area contributed by atoms with Gasteiger partial charge in [-0.1, -0.05) is 0 Å². The van der Waals surface area contributed by atoms with Gasteiger partial charge in [-0.2, -0.15) is 4.31 Å². The molecule has 0 aliphatic carbocycles. The number of nitrogens with zero attached hydrogens (tertiary/aromatic N) is 2. The lowest BCUT2D eigenvalue weighted by atomic mass is 10.1. The van der Waals surface area contributed by atoms with Crippen molar-refractivity contribution in [3.63, 3.8) is 0 Å². The van der Waals surface area contributed by atoms with E-state index in [1.54, 1.807) is 32.2 Å². The molecular weight excluding hydrogens is 411 g/mol. The molecule has 1 fully saturated rings. The van der Waals surface area contributed by atoms with E-state index in [9.17, 15) is 17.6 Å². The number of hydrogen-bond donors (Lipinski definition) is 2. The lowest BCUT2D eigenvalue weighted by Crippen LogP contribution is -2.46. The average molecular weight is 437 g/mol. The summed E-state index contributed by atoms with van der Waals surface area (Å²) < 4.78 is 46.2. The normalized spacial score (nSPS) is 17.5. The van der Waals surface area contributed by atoms with Gasteiger partial charge in [-0.25, -0.2) is 17.6 Å². The van der Waals surface area contributed by atoms with Crippen LogP contribution in [0.4, 0.5) is 20.6 Å². The highest BCUT2D eigenvalue weighted by atomic mass is 32.2. The second-order valence-corrected chi connectivity index (χ2v) is 9.82. The van der Waals surface area contributed by atoms with Gasteiger partial charge in [0.1, 0.15) is 17.7 Å². The number of ether oxygens (including phenoxy) is 1. The van der Waals surface area contributed by atoms with Crippen LogP contribution >= 0.6 is 0 Å². The fourth-order valence-corrected chi connectivity index (χ4v) is 4.51. The Kier molecular flexibility index (Phi) is 6.88. The van der Waals surface area contributed by atoms with Gasteiger partial charge in [0, 0.05) is 30.6 Å². The minimum atomic E-state index is -3.38. The van der Waals surface area contributed by atoms with E-state index >= 15 is 0 Å². The van der Waals surface area contributed by atoms with Crippen LogP contribution in [0.15, 0.2) is 42.7 Å². The zero-order chi connectivity index (χ0) is 21.7. The van der Waals surface area contributed by atoms with Crippen LogP contribution in [0.5, 0.6) is 5.75 Å². The smallest absolute Gasteiger partial charge is 0.323 e. The van der Waals surface area contributed by atoms with Crippen molar-refractivity contribution in [3.05, 3.63) is 48.5 Å². The third kappa shape index (κ3) is 5.67. The van der Waals surface area contributed by atoms with Gasteiger partial charge >= 0.3 is 6.03 Å². The second kappa shape index (κ2) is 9.40. The Labute approximate surface area is 175 Å². The summed E-state index contributed by atoms with van der Waals surface area (Å²) in [4.78, 5) is 16.0. The summed E-state index contributed by atoms with van der Waals surface area (Å²) in [7, 11) is -3.38. The van der Waals surface area contributed by atoms with Crippen molar-refractivity contribution in [2.45, 2.75) is 38.0 Å². The SMILES string of the molecule is CC(C)S(=O)(=O)N1CCCC(Oc2cc(F)cc(NC(=O)Nc3cccnc3)c2)C1. The molecule has 2 heterocycles. The number of nitrogens with one attached hydrogen (secondary N) is 2. The zero-order valence-electron chi connectivity index (χ0n) is 16.8. The lowest BCUT2D eigenvalue weighted by molar-refractivity contribution is 0.129. The first-order valence-electron chi connectivity index (χ1n) is 9.68. The standard InChI is InChI=1S/C20H25FN4O4S/c1-14(2)30(27,28)25-8-4-6-18(13-25)29-19-10-15(21)9-17(11-19)24-20(26)23-16-5-3-7-22-12-16/h3,5,7,9-12,14,18H,4,6,8,13H2,1-2H3,(H2,23,24,26). The number of halogens is 1. The van der Waals surface area contributed by atoms with Crippen LogP contribution in [0.1, 0.15) is 26.7 Å². The Hall–Kier alpha value is -2.72. The summed E-state index contributed by atoms with van der Waals surface area (Å²) in [6, 6.07) is 6.68. The Morgan fingerprint density at radius 3 is 2.73 bits per heavy atom. The van der Waals surface area contributed by atoms with Crippen molar-refractivity contribution in [1.29, 1.82) is 0 Å². The zero-order valence-corrected chi connectivity index (χ0v) is 17.7. The van der Waals surface area contributed by atoms with Crippen LogP contribution in [0.2, 0.25) is 0 Å². The quantitative estimate of drug-likeness (QED) is 0.722. The third-order valence-corrected chi connectivity index (χ3v) is 6.89. The highest BCUT2D eigenvalue weighted by Crippen LogP contribution is 2.25. The van der Waals surface area contributed by atoms with Crippen LogP contribution in [0, 0.1) is 5.82 Å². The van der Waals surface area contributed by atoms with Gasteiger partial charge in [0.2, 0.25) is 10.0 Å². The molecular formula is C20H25FN4O4S. The first kappa shape index (κ1) is 22.0. The molecule has 1 unspecified atom stereocenters. The molecule has 1 atom stereocenters. The number of carbonyl (C=O) groups excluding carboxylic acids is 1. The molecule has 1 aliphatic heterocycles. The van der Waals surface area contributed by atoms with Gasteiger partial charge < -0.3 is 15.4 Å².